The summed E-state index contributed by atoms with van der Waals surface area (Å²) >= 11 is 0. The number of hydrogen-bond acceptors (Lipinski definition) is 1. The lowest BCUT2D eigenvalue weighted by molar-refractivity contribution is -0.140. The summed E-state index contributed by atoms with van der Waals surface area (Å²) in [6.07, 6.45) is 5.03. The molecule has 0 aromatic heterocycles. The zero-order chi connectivity index (χ0) is 6.69. The molecule has 0 radical (unpaired) electrons. The van der Waals surface area contributed by atoms with Crippen molar-refractivity contribution >= 4 is 5.97 Å². The van der Waals surface area contributed by atoms with Crippen LogP contribution in [0.15, 0.2) is 17.9 Å². The standard InChI is InChI=1S/C7H8O2/c8-7(9)6-4-2-1-3-5-6/h1,5-6H,2,4H2,(H,8,9). The minimum Gasteiger partial charge on any atom is -0.481 e. The van der Waals surface area contributed by atoms with Crippen LogP contribution in [0.5, 0.6) is 0 Å². The van der Waals surface area contributed by atoms with Crippen LogP contribution in [-0.2, 0) is 4.79 Å². The molecular formula is C7H8O2. The summed E-state index contributed by atoms with van der Waals surface area (Å²) in [7, 11) is 0. The number of carbonyl (C=O) groups is 1. The highest BCUT2D eigenvalue weighted by molar-refractivity contribution is 5.72. The molecule has 0 bridgehead atoms. The molecular weight excluding hydrogens is 116 g/mol. The van der Waals surface area contributed by atoms with Crippen LogP contribution in [0.2, 0.25) is 0 Å². The fourth-order valence-electron chi connectivity index (χ4n) is 0.809. The van der Waals surface area contributed by atoms with E-state index in [9.17, 15) is 4.79 Å². The van der Waals surface area contributed by atoms with Gasteiger partial charge in [-0.25, -0.2) is 0 Å². The molecule has 9 heavy (non-hydrogen) atoms. The van der Waals surface area contributed by atoms with Crippen LogP contribution in [0.4, 0.5) is 0 Å². The Labute approximate surface area is 53.5 Å². The number of aliphatic carboxylic acids is 1. The van der Waals surface area contributed by atoms with Crippen LogP contribution in [-0.4, -0.2) is 11.1 Å². The van der Waals surface area contributed by atoms with Gasteiger partial charge in [-0.1, -0.05) is 0 Å². The molecule has 0 saturated heterocycles. The summed E-state index contributed by atoms with van der Waals surface area (Å²) in [5, 5.41) is 8.45. The molecule has 0 spiro atoms. The highest BCUT2D eigenvalue weighted by Gasteiger charge is 2.13. The molecule has 0 saturated carbocycles. The molecule has 1 atom stereocenters. The topological polar surface area (TPSA) is 37.3 Å². The molecule has 0 amide bonds. The molecule has 0 aromatic carbocycles. The summed E-state index contributed by atoms with van der Waals surface area (Å²) < 4.78 is 0. The number of carboxylic acids is 1. The molecule has 1 unspecified atom stereocenters. The van der Waals surface area contributed by atoms with Crippen molar-refractivity contribution in [2.75, 3.05) is 0 Å². The molecule has 1 aliphatic rings. The lowest BCUT2D eigenvalue weighted by Crippen LogP contribution is -2.11. The number of carboxylic acid groups (broad SMARTS) is 1. The Kier molecular flexibility index (Phi) is 1.71. The van der Waals surface area contributed by atoms with Crippen LogP contribution in [0.3, 0.4) is 0 Å². The average molecular weight is 124 g/mol. The van der Waals surface area contributed by atoms with Gasteiger partial charge in [0.05, 0.1) is 5.92 Å². The number of rotatable bonds is 1. The van der Waals surface area contributed by atoms with Crippen molar-refractivity contribution in [3.63, 3.8) is 0 Å². The van der Waals surface area contributed by atoms with Crippen LogP contribution in [0, 0.1) is 5.92 Å². The predicted octanol–water partition coefficient (Wildman–Crippen LogP) is 1.19. The SMILES string of the molecule is O=C(O)C1C=C=CCC1. The van der Waals surface area contributed by atoms with E-state index in [1.807, 2.05) is 6.08 Å². The molecule has 1 N–H and O–H groups in total. The summed E-state index contributed by atoms with van der Waals surface area (Å²) in [5.74, 6) is -1.04. The largest absolute Gasteiger partial charge is 0.481 e. The predicted molar refractivity (Wildman–Crippen MR) is 33.0 cm³/mol. The van der Waals surface area contributed by atoms with Gasteiger partial charge in [-0.15, -0.1) is 5.73 Å². The maximum absolute atomic E-state index is 10.3. The average Bonchev–Trinajstić information content (AvgIpc) is 1.90. The van der Waals surface area contributed by atoms with Gasteiger partial charge in [-0.2, -0.15) is 0 Å². The van der Waals surface area contributed by atoms with E-state index in [1.54, 1.807) is 6.08 Å². The first-order valence-corrected chi connectivity index (χ1v) is 2.94. The summed E-state index contributed by atoms with van der Waals surface area (Å²) in [6.45, 7) is 0. The van der Waals surface area contributed by atoms with E-state index in [1.165, 1.54) is 0 Å². The van der Waals surface area contributed by atoms with Gasteiger partial charge in [0.15, 0.2) is 0 Å². The molecule has 48 valence electrons. The van der Waals surface area contributed by atoms with Crippen molar-refractivity contribution < 1.29 is 9.90 Å². The van der Waals surface area contributed by atoms with Gasteiger partial charge < -0.3 is 5.11 Å². The first kappa shape index (κ1) is 6.12. The third kappa shape index (κ3) is 1.44. The lowest BCUT2D eigenvalue weighted by atomic mass is 10.0. The highest BCUT2D eigenvalue weighted by Crippen LogP contribution is 2.11. The molecule has 0 aromatic rings. The van der Waals surface area contributed by atoms with Crippen LogP contribution < -0.4 is 0 Å². The molecule has 1 aliphatic carbocycles. The quantitative estimate of drug-likeness (QED) is 0.533. The Morgan fingerprint density at radius 2 is 2.56 bits per heavy atom. The van der Waals surface area contributed by atoms with E-state index < -0.39 is 5.97 Å². The van der Waals surface area contributed by atoms with Gasteiger partial charge in [0.25, 0.3) is 0 Å². The maximum atomic E-state index is 10.3. The fraction of sp³-hybridized carbons (Fsp3) is 0.429. The first-order chi connectivity index (χ1) is 4.30. The van der Waals surface area contributed by atoms with Gasteiger partial charge in [0.1, 0.15) is 0 Å². The third-order valence-electron chi connectivity index (χ3n) is 1.35. The number of hydrogen-bond donors (Lipinski definition) is 1. The monoisotopic (exact) mass is 124 g/mol. The molecule has 0 aliphatic heterocycles. The van der Waals surface area contributed by atoms with Crippen molar-refractivity contribution in [1.82, 2.24) is 0 Å². The van der Waals surface area contributed by atoms with Crippen LogP contribution in [0.1, 0.15) is 12.8 Å². The van der Waals surface area contributed by atoms with Gasteiger partial charge >= 0.3 is 5.97 Å². The Morgan fingerprint density at radius 1 is 1.78 bits per heavy atom. The van der Waals surface area contributed by atoms with Crippen molar-refractivity contribution in [3.05, 3.63) is 17.9 Å². The highest BCUT2D eigenvalue weighted by atomic mass is 16.4. The van der Waals surface area contributed by atoms with E-state index in [4.69, 9.17) is 5.11 Å². The Hall–Kier alpha value is -1.01. The Balaban J connectivity index is 2.63. The minimum atomic E-state index is -0.740. The van der Waals surface area contributed by atoms with E-state index in [0.717, 1.165) is 12.8 Å². The molecule has 1 rings (SSSR count). The third-order valence-corrected chi connectivity index (χ3v) is 1.35. The van der Waals surface area contributed by atoms with Gasteiger partial charge in [0, 0.05) is 0 Å². The second-order valence-corrected chi connectivity index (χ2v) is 2.06. The second kappa shape index (κ2) is 2.51. The maximum Gasteiger partial charge on any atom is 0.311 e. The van der Waals surface area contributed by atoms with Gasteiger partial charge in [-0.3, -0.25) is 4.79 Å². The Bertz CT molecular complexity index is 175. The van der Waals surface area contributed by atoms with E-state index in [0.29, 0.717) is 0 Å². The summed E-state index contributed by atoms with van der Waals surface area (Å²) in [5.41, 5.74) is 2.79. The minimum absolute atomic E-state index is 0.296. The van der Waals surface area contributed by atoms with Gasteiger partial charge in [-0.05, 0) is 25.0 Å². The summed E-state index contributed by atoms with van der Waals surface area (Å²) in [6, 6.07) is 0. The van der Waals surface area contributed by atoms with E-state index in [-0.39, 0.29) is 5.92 Å². The Morgan fingerprint density at radius 3 is 2.89 bits per heavy atom. The first-order valence-electron chi connectivity index (χ1n) is 2.94. The molecule has 0 fully saturated rings. The summed E-state index contributed by atoms with van der Waals surface area (Å²) in [4.78, 5) is 10.3. The van der Waals surface area contributed by atoms with Crippen LogP contribution in [0.25, 0.3) is 0 Å². The van der Waals surface area contributed by atoms with Crippen LogP contribution >= 0.6 is 0 Å². The van der Waals surface area contributed by atoms with Gasteiger partial charge in [0.2, 0.25) is 0 Å². The zero-order valence-corrected chi connectivity index (χ0v) is 5.00. The normalized spacial score (nSPS) is 24.2. The smallest absolute Gasteiger partial charge is 0.311 e. The zero-order valence-electron chi connectivity index (χ0n) is 5.00. The van der Waals surface area contributed by atoms with Crippen molar-refractivity contribution in [3.8, 4) is 0 Å². The van der Waals surface area contributed by atoms with Crippen molar-refractivity contribution in [2.24, 2.45) is 5.92 Å². The van der Waals surface area contributed by atoms with E-state index >= 15 is 0 Å². The molecule has 2 heteroatoms. The molecule has 0 heterocycles. The fourth-order valence-corrected chi connectivity index (χ4v) is 0.809. The van der Waals surface area contributed by atoms with E-state index in [2.05, 4.69) is 5.73 Å². The second-order valence-electron chi connectivity index (χ2n) is 2.06. The lowest BCUT2D eigenvalue weighted by Gasteiger charge is -2.05. The molecule has 2 nitrogen and oxygen atoms in total. The van der Waals surface area contributed by atoms with Crippen molar-refractivity contribution in [2.45, 2.75) is 12.8 Å². The van der Waals surface area contributed by atoms with Crippen molar-refractivity contribution in [1.29, 1.82) is 0 Å².